The predicted octanol–water partition coefficient (Wildman–Crippen LogP) is 7.08. The molecule has 1 aliphatic rings. The first kappa shape index (κ1) is 26.5. The van der Waals surface area contributed by atoms with Crippen molar-refractivity contribution >= 4 is 38.9 Å². The third kappa shape index (κ3) is 5.13. The number of carbonyl (C=O) groups is 1. The predicted molar refractivity (Wildman–Crippen MR) is 148 cm³/mol. The number of hydrogen-bond donors (Lipinski definition) is 1. The lowest BCUT2D eigenvalue weighted by Gasteiger charge is -2.37. The van der Waals surface area contributed by atoms with Gasteiger partial charge in [-0.3, -0.25) is 9.78 Å². The highest BCUT2D eigenvalue weighted by atomic mass is 35.5. The molecule has 0 radical (unpaired) electrons. The average molecular weight is 556 g/mol. The molecule has 1 N–H and O–H groups in total. The van der Waals surface area contributed by atoms with Crippen LogP contribution in [0.3, 0.4) is 0 Å². The van der Waals surface area contributed by atoms with Crippen LogP contribution in [0.1, 0.15) is 40.9 Å². The Morgan fingerprint density at radius 3 is 2.55 bits per heavy atom. The van der Waals surface area contributed by atoms with Gasteiger partial charge in [-0.2, -0.15) is 0 Å². The van der Waals surface area contributed by atoms with E-state index in [9.17, 15) is 13.6 Å². The molecule has 0 aliphatic heterocycles. The summed E-state index contributed by atoms with van der Waals surface area (Å²) in [5.74, 6) is -0.940. The third-order valence-corrected chi connectivity index (χ3v) is 8.94. The van der Waals surface area contributed by atoms with E-state index in [0.717, 1.165) is 66.0 Å². The Labute approximate surface area is 229 Å². The van der Waals surface area contributed by atoms with E-state index in [-0.39, 0.29) is 38.5 Å². The van der Waals surface area contributed by atoms with Crippen LogP contribution in [-0.2, 0) is 6.54 Å². The number of ether oxygens (including phenoxy) is 1. The van der Waals surface area contributed by atoms with Crippen molar-refractivity contribution in [3.63, 3.8) is 0 Å². The van der Waals surface area contributed by atoms with Gasteiger partial charge in [-0.25, -0.2) is 8.78 Å². The Kier molecular flexibility index (Phi) is 7.93. The molecule has 2 aromatic heterocycles. The molecule has 2 aromatic carbocycles. The molecular formula is C29H28ClF2N3O2S. The molecule has 198 valence electrons. The highest BCUT2D eigenvalue weighted by Crippen LogP contribution is 2.40. The van der Waals surface area contributed by atoms with Crippen LogP contribution < -0.4 is 10.1 Å². The summed E-state index contributed by atoms with van der Waals surface area (Å²) >= 11 is 7.44. The van der Waals surface area contributed by atoms with E-state index in [1.165, 1.54) is 0 Å². The van der Waals surface area contributed by atoms with Gasteiger partial charge in [0.05, 0.1) is 27.9 Å². The van der Waals surface area contributed by atoms with Crippen LogP contribution in [0.5, 0.6) is 5.75 Å². The van der Waals surface area contributed by atoms with E-state index in [4.69, 9.17) is 16.3 Å². The van der Waals surface area contributed by atoms with Crippen LogP contribution in [-0.4, -0.2) is 42.0 Å². The van der Waals surface area contributed by atoms with Crippen molar-refractivity contribution in [3.05, 3.63) is 81.8 Å². The van der Waals surface area contributed by atoms with E-state index in [2.05, 4.69) is 10.3 Å². The van der Waals surface area contributed by atoms with Crippen LogP contribution in [0.25, 0.3) is 21.3 Å². The number of nitrogens with zero attached hydrogens (tertiary/aromatic N) is 2. The highest BCUT2D eigenvalue weighted by molar-refractivity contribution is 7.21. The number of methoxy groups -OCH3 is 1. The molecular weight excluding hydrogens is 528 g/mol. The lowest BCUT2D eigenvalue weighted by molar-refractivity contribution is 0.0604. The Hall–Kier alpha value is -3.07. The number of rotatable bonds is 7. The van der Waals surface area contributed by atoms with E-state index < -0.39 is 11.6 Å². The van der Waals surface area contributed by atoms with E-state index in [0.29, 0.717) is 11.8 Å². The molecule has 5 nitrogen and oxygen atoms in total. The summed E-state index contributed by atoms with van der Waals surface area (Å²) in [5, 5.41) is 3.23. The molecule has 5 rings (SSSR count). The fourth-order valence-electron chi connectivity index (χ4n) is 5.19. The summed E-state index contributed by atoms with van der Waals surface area (Å²) in [4.78, 5) is 20.5. The number of nitrogens with one attached hydrogen (secondary N) is 1. The number of thiophene rings is 1. The molecule has 0 spiro atoms. The van der Waals surface area contributed by atoms with Crippen molar-refractivity contribution in [1.29, 1.82) is 0 Å². The molecule has 0 saturated heterocycles. The highest BCUT2D eigenvalue weighted by Gasteiger charge is 2.33. The Morgan fingerprint density at radius 1 is 1.13 bits per heavy atom. The van der Waals surface area contributed by atoms with Crippen molar-refractivity contribution in [2.24, 2.45) is 0 Å². The smallest absolute Gasteiger partial charge is 0.266 e. The van der Waals surface area contributed by atoms with Crippen molar-refractivity contribution in [2.45, 2.75) is 44.3 Å². The lowest BCUT2D eigenvalue weighted by Crippen LogP contribution is -2.44. The maximum absolute atomic E-state index is 14.6. The standard InChI is InChI=1S/C29H28ClF2N3O2S/c1-33-19-7-9-20(10-8-19)35(29(36)28-26(30)25-21(31)11-12-22(32)27(25)38-28)16-18-15-17(6-13-24(18)37-2)23-5-3-4-14-34-23/h3-6,11-15,19-20,33H,7-10,16H2,1-2H3. The minimum Gasteiger partial charge on any atom is -0.496 e. The quantitative estimate of drug-likeness (QED) is 0.265. The van der Waals surface area contributed by atoms with Gasteiger partial charge in [-0.15, -0.1) is 11.3 Å². The second-order valence-electron chi connectivity index (χ2n) is 9.45. The number of aromatic nitrogens is 1. The molecule has 4 aromatic rings. The van der Waals surface area contributed by atoms with Gasteiger partial charge in [0.25, 0.3) is 5.91 Å². The molecule has 1 aliphatic carbocycles. The Balaban J connectivity index is 1.56. The van der Waals surface area contributed by atoms with Gasteiger partial charge >= 0.3 is 0 Å². The number of carbonyl (C=O) groups excluding carboxylic acids is 1. The van der Waals surface area contributed by atoms with Crippen molar-refractivity contribution in [2.75, 3.05) is 14.2 Å². The third-order valence-electron chi connectivity index (χ3n) is 7.26. The molecule has 0 bridgehead atoms. The van der Waals surface area contributed by atoms with E-state index in [1.807, 2.05) is 43.4 Å². The first-order valence-electron chi connectivity index (χ1n) is 12.5. The fraction of sp³-hybridized carbons (Fsp3) is 0.310. The van der Waals surface area contributed by atoms with Gasteiger partial charge in [0.2, 0.25) is 0 Å². The molecule has 9 heteroatoms. The molecule has 0 atom stereocenters. The SMILES string of the molecule is CNC1CCC(N(Cc2cc(-c3ccccn3)ccc2OC)C(=O)c2sc3c(F)ccc(F)c3c2Cl)CC1. The van der Waals surface area contributed by atoms with Crippen LogP contribution in [0.15, 0.2) is 54.7 Å². The number of amides is 1. The summed E-state index contributed by atoms with van der Waals surface area (Å²) < 4.78 is 34.8. The first-order chi connectivity index (χ1) is 18.4. The molecule has 1 fully saturated rings. The zero-order valence-corrected chi connectivity index (χ0v) is 22.7. The second-order valence-corrected chi connectivity index (χ2v) is 10.8. The molecule has 1 amide bonds. The zero-order chi connectivity index (χ0) is 26.8. The van der Waals surface area contributed by atoms with Crippen molar-refractivity contribution in [3.8, 4) is 17.0 Å². The van der Waals surface area contributed by atoms with Gasteiger partial charge in [0.1, 0.15) is 22.3 Å². The second kappa shape index (κ2) is 11.4. The summed E-state index contributed by atoms with van der Waals surface area (Å²) in [5.41, 5.74) is 2.52. The van der Waals surface area contributed by atoms with Gasteiger partial charge in [0, 0.05) is 36.0 Å². The number of benzene rings is 2. The summed E-state index contributed by atoms with van der Waals surface area (Å²) in [6, 6.07) is 13.9. The number of fused-ring (bicyclic) bond motifs is 1. The summed E-state index contributed by atoms with van der Waals surface area (Å²) in [6.45, 7) is 0.257. The van der Waals surface area contributed by atoms with Crippen molar-refractivity contribution < 1.29 is 18.3 Å². The Morgan fingerprint density at radius 2 is 1.89 bits per heavy atom. The summed E-state index contributed by atoms with van der Waals surface area (Å²) in [7, 11) is 3.54. The fourth-order valence-corrected chi connectivity index (χ4v) is 6.69. The zero-order valence-electron chi connectivity index (χ0n) is 21.1. The molecule has 2 heterocycles. The van der Waals surface area contributed by atoms with Crippen LogP contribution >= 0.6 is 22.9 Å². The minimum atomic E-state index is -0.646. The lowest BCUT2D eigenvalue weighted by atomic mass is 9.89. The van der Waals surface area contributed by atoms with Gasteiger partial charge in [-0.05, 0) is 75.2 Å². The van der Waals surface area contributed by atoms with Gasteiger partial charge in [0.15, 0.2) is 0 Å². The monoisotopic (exact) mass is 555 g/mol. The van der Waals surface area contributed by atoms with Crippen LogP contribution in [0, 0.1) is 11.6 Å². The number of halogens is 3. The largest absolute Gasteiger partial charge is 0.496 e. The minimum absolute atomic E-state index is 0.0462. The van der Waals surface area contributed by atoms with Crippen molar-refractivity contribution in [1.82, 2.24) is 15.2 Å². The topological polar surface area (TPSA) is 54.5 Å². The molecule has 0 unspecified atom stereocenters. The molecule has 38 heavy (non-hydrogen) atoms. The Bertz CT molecular complexity index is 1460. The average Bonchev–Trinajstić information content (AvgIpc) is 3.32. The van der Waals surface area contributed by atoms with Gasteiger partial charge in [-0.1, -0.05) is 17.7 Å². The number of hydrogen-bond acceptors (Lipinski definition) is 5. The maximum atomic E-state index is 14.6. The molecule has 1 saturated carbocycles. The van der Waals surface area contributed by atoms with Crippen LogP contribution in [0.2, 0.25) is 5.02 Å². The van der Waals surface area contributed by atoms with Crippen LogP contribution in [0.4, 0.5) is 8.78 Å². The summed E-state index contributed by atoms with van der Waals surface area (Å²) in [6.07, 6.45) is 5.16. The first-order valence-corrected chi connectivity index (χ1v) is 13.7. The maximum Gasteiger partial charge on any atom is 0.266 e. The normalized spacial score (nSPS) is 17.5. The van der Waals surface area contributed by atoms with E-state index >= 15 is 0 Å². The number of pyridine rings is 1. The van der Waals surface area contributed by atoms with E-state index in [1.54, 1.807) is 18.2 Å². The van der Waals surface area contributed by atoms with Gasteiger partial charge < -0.3 is 15.0 Å².